The Morgan fingerprint density at radius 2 is 2.19 bits per heavy atom. The van der Waals surface area contributed by atoms with Crippen molar-refractivity contribution in [1.82, 2.24) is 5.32 Å². The van der Waals surface area contributed by atoms with Crippen LogP contribution < -0.4 is 11.1 Å². The Hall–Kier alpha value is -1.07. The minimum absolute atomic E-state index is 0.299. The van der Waals surface area contributed by atoms with Crippen molar-refractivity contribution in [3.8, 4) is 0 Å². The second kappa shape index (κ2) is 12.0. The van der Waals surface area contributed by atoms with Crippen molar-refractivity contribution in [2.75, 3.05) is 26.3 Å². The van der Waals surface area contributed by atoms with Crippen molar-refractivity contribution >= 4 is 5.84 Å². The Bertz CT molecular complexity index is 196. The van der Waals surface area contributed by atoms with Crippen LogP contribution >= 0.6 is 0 Å². The van der Waals surface area contributed by atoms with Crippen molar-refractivity contribution in [1.29, 1.82) is 0 Å². The molecule has 0 fully saturated rings. The van der Waals surface area contributed by atoms with E-state index in [-0.39, 0.29) is 0 Å². The zero-order chi connectivity index (χ0) is 12.1. The van der Waals surface area contributed by atoms with E-state index in [2.05, 4.69) is 17.1 Å². The largest absolute Gasteiger partial charge is 0.409 e. The summed E-state index contributed by atoms with van der Waals surface area (Å²) < 4.78 is 5.33. The van der Waals surface area contributed by atoms with E-state index in [1.54, 1.807) is 0 Å². The Balaban J connectivity index is 3.01. The summed E-state index contributed by atoms with van der Waals surface area (Å²) in [4.78, 5) is 0. The van der Waals surface area contributed by atoms with Crippen molar-refractivity contribution in [2.45, 2.75) is 25.7 Å². The molecule has 5 nitrogen and oxygen atoms in total. The van der Waals surface area contributed by atoms with E-state index >= 15 is 0 Å². The molecule has 0 unspecified atom stereocenters. The molecule has 0 aliphatic heterocycles. The van der Waals surface area contributed by atoms with Crippen molar-refractivity contribution in [2.24, 2.45) is 10.9 Å². The fraction of sp³-hybridized carbons (Fsp3) is 0.727. The number of rotatable bonds is 11. The van der Waals surface area contributed by atoms with E-state index in [0.717, 1.165) is 45.6 Å². The smallest absolute Gasteiger partial charge is 0.139 e. The summed E-state index contributed by atoms with van der Waals surface area (Å²) in [6, 6.07) is 0. The van der Waals surface area contributed by atoms with Crippen molar-refractivity contribution in [3.05, 3.63) is 12.7 Å². The van der Waals surface area contributed by atoms with Crippen LogP contribution in [0.25, 0.3) is 0 Å². The lowest BCUT2D eigenvalue weighted by Gasteiger charge is -2.05. The molecule has 0 spiro atoms. The van der Waals surface area contributed by atoms with Crippen LogP contribution in [-0.2, 0) is 4.74 Å². The van der Waals surface area contributed by atoms with Crippen LogP contribution in [0.2, 0.25) is 0 Å². The highest BCUT2D eigenvalue weighted by Gasteiger charge is 1.93. The molecule has 0 aromatic carbocycles. The van der Waals surface area contributed by atoms with Gasteiger partial charge in [-0.1, -0.05) is 11.2 Å². The van der Waals surface area contributed by atoms with Crippen LogP contribution in [0.4, 0.5) is 0 Å². The molecule has 0 bridgehead atoms. The Kier molecular flexibility index (Phi) is 11.2. The third kappa shape index (κ3) is 11.0. The predicted molar refractivity (Wildman–Crippen MR) is 65.8 cm³/mol. The summed E-state index contributed by atoms with van der Waals surface area (Å²) in [5, 5.41) is 14.5. The molecule has 0 heterocycles. The van der Waals surface area contributed by atoms with Crippen LogP contribution in [0, 0.1) is 0 Å². The van der Waals surface area contributed by atoms with Crippen LogP contribution in [-0.4, -0.2) is 37.3 Å². The Labute approximate surface area is 97.3 Å². The minimum atomic E-state index is 0.299. The van der Waals surface area contributed by atoms with Crippen molar-refractivity contribution in [3.63, 3.8) is 0 Å². The van der Waals surface area contributed by atoms with Crippen LogP contribution in [0.15, 0.2) is 17.8 Å². The maximum Gasteiger partial charge on any atom is 0.139 e. The van der Waals surface area contributed by atoms with E-state index < -0.39 is 0 Å². The van der Waals surface area contributed by atoms with Gasteiger partial charge in [0.25, 0.3) is 0 Å². The lowest BCUT2D eigenvalue weighted by atomic mass is 10.2. The summed E-state index contributed by atoms with van der Waals surface area (Å²) in [5.41, 5.74) is 5.33. The monoisotopic (exact) mass is 229 g/mol. The number of nitrogens with two attached hydrogens (primary N) is 1. The zero-order valence-electron chi connectivity index (χ0n) is 9.82. The standard InChI is InChI=1S/C11H23N3O2/c1-2-3-9-16-10-8-13-7-5-4-6-11(12)14-15/h2,13,15H,1,3-10H2,(H2,12,14). The third-order valence-electron chi connectivity index (χ3n) is 2.05. The molecule has 0 saturated heterocycles. The van der Waals surface area contributed by atoms with Gasteiger partial charge in [0.2, 0.25) is 0 Å². The van der Waals surface area contributed by atoms with E-state index in [0.29, 0.717) is 12.3 Å². The van der Waals surface area contributed by atoms with E-state index in [4.69, 9.17) is 15.7 Å². The SMILES string of the molecule is C=CCCOCCNCCCC/C(N)=N\O. The molecule has 0 amide bonds. The number of oxime groups is 1. The first kappa shape index (κ1) is 14.9. The van der Waals surface area contributed by atoms with Gasteiger partial charge in [-0.25, -0.2) is 0 Å². The lowest BCUT2D eigenvalue weighted by molar-refractivity contribution is 0.140. The third-order valence-corrected chi connectivity index (χ3v) is 2.05. The van der Waals surface area contributed by atoms with Gasteiger partial charge in [-0.3, -0.25) is 0 Å². The molecule has 0 radical (unpaired) electrons. The summed E-state index contributed by atoms with van der Waals surface area (Å²) in [7, 11) is 0. The summed E-state index contributed by atoms with van der Waals surface area (Å²) >= 11 is 0. The average Bonchev–Trinajstić information content (AvgIpc) is 2.31. The van der Waals surface area contributed by atoms with Crippen LogP contribution in [0.1, 0.15) is 25.7 Å². The highest BCUT2D eigenvalue weighted by molar-refractivity contribution is 5.79. The van der Waals surface area contributed by atoms with Gasteiger partial charge in [-0.2, -0.15) is 0 Å². The molecule has 0 aliphatic carbocycles. The summed E-state index contributed by atoms with van der Waals surface area (Å²) in [6.07, 6.45) is 5.34. The summed E-state index contributed by atoms with van der Waals surface area (Å²) in [5.74, 6) is 0.299. The van der Waals surface area contributed by atoms with Crippen LogP contribution in [0.5, 0.6) is 0 Å². The first-order chi connectivity index (χ1) is 7.81. The van der Waals surface area contributed by atoms with E-state index in [1.807, 2.05) is 6.08 Å². The fourth-order valence-electron chi connectivity index (χ4n) is 1.14. The van der Waals surface area contributed by atoms with Gasteiger partial charge >= 0.3 is 0 Å². The van der Waals surface area contributed by atoms with Gasteiger partial charge < -0.3 is 21.0 Å². The highest BCUT2D eigenvalue weighted by atomic mass is 16.5. The molecule has 0 aromatic heterocycles. The summed E-state index contributed by atoms with van der Waals surface area (Å²) in [6.45, 7) is 6.89. The lowest BCUT2D eigenvalue weighted by Crippen LogP contribution is -2.21. The molecular weight excluding hydrogens is 206 g/mol. The normalized spacial score (nSPS) is 11.6. The topological polar surface area (TPSA) is 79.9 Å². The first-order valence-electron chi connectivity index (χ1n) is 5.67. The van der Waals surface area contributed by atoms with Gasteiger partial charge in [0, 0.05) is 13.0 Å². The van der Waals surface area contributed by atoms with Gasteiger partial charge in [0.15, 0.2) is 0 Å². The number of ether oxygens (including phenoxy) is 1. The maximum atomic E-state index is 8.30. The average molecular weight is 229 g/mol. The molecular formula is C11H23N3O2. The molecule has 0 aromatic rings. The second-order valence-electron chi connectivity index (χ2n) is 3.49. The van der Waals surface area contributed by atoms with E-state index in [9.17, 15) is 0 Å². The molecule has 5 heteroatoms. The maximum absolute atomic E-state index is 8.30. The Morgan fingerprint density at radius 1 is 1.38 bits per heavy atom. The molecule has 4 N–H and O–H groups in total. The van der Waals surface area contributed by atoms with Crippen molar-refractivity contribution < 1.29 is 9.94 Å². The molecule has 16 heavy (non-hydrogen) atoms. The van der Waals surface area contributed by atoms with Gasteiger partial charge in [-0.15, -0.1) is 6.58 Å². The molecule has 0 saturated carbocycles. The van der Waals surface area contributed by atoms with Gasteiger partial charge in [-0.05, 0) is 25.8 Å². The number of hydrogen-bond donors (Lipinski definition) is 3. The molecule has 0 rings (SSSR count). The van der Waals surface area contributed by atoms with Gasteiger partial charge in [0.1, 0.15) is 5.84 Å². The molecule has 0 atom stereocenters. The quantitative estimate of drug-likeness (QED) is 0.124. The number of nitrogens with zero attached hydrogens (tertiary/aromatic N) is 1. The number of unbranched alkanes of at least 4 members (excludes halogenated alkanes) is 1. The van der Waals surface area contributed by atoms with Gasteiger partial charge in [0.05, 0.1) is 13.2 Å². The first-order valence-corrected chi connectivity index (χ1v) is 5.67. The number of nitrogens with one attached hydrogen (secondary N) is 1. The fourth-order valence-corrected chi connectivity index (χ4v) is 1.14. The van der Waals surface area contributed by atoms with Crippen LogP contribution in [0.3, 0.4) is 0 Å². The minimum Gasteiger partial charge on any atom is -0.409 e. The second-order valence-corrected chi connectivity index (χ2v) is 3.49. The zero-order valence-corrected chi connectivity index (χ0v) is 9.82. The highest BCUT2D eigenvalue weighted by Crippen LogP contribution is 1.93. The number of amidine groups is 1. The number of hydrogen-bond acceptors (Lipinski definition) is 4. The Morgan fingerprint density at radius 3 is 2.88 bits per heavy atom. The molecule has 94 valence electrons. The van der Waals surface area contributed by atoms with E-state index in [1.165, 1.54) is 0 Å². The predicted octanol–water partition coefficient (Wildman–Crippen LogP) is 1.09. The molecule has 0 aliphatic rings.